The Morgan fingerprint density at radius 3 is 1.22 bits per heavy atom. The van der Waals surface area contributed by atoms with Crippen molar-refractivity contribution in [3.05, 3.63) is 0 Å². The van der Waals surface area contributed by atoms with Crippen LogP contribution in [0.1, 0.15) is 0 Å². The zero-order valence-electron chi connectivity index (χ0n) is 25.6. The van der Waals surface area contributed by atoms with Gasteiger partial charge in [0, 0.05) is 6.54 Å². The monoisotopic (exact) mass is 723 g/mol. The van der Waals surface area contributed by atoms with Gasteiger partial charge >= 0.3 is 5.97 Å². The number of rotatable bonds is 13. The molecule has 0 aromatic heterocycles. The molecular weight excluding hydrogens is 678 g/mol. The van der Waals surface area contributed by atoms with E-state index in [0.29, 0.717) is 0 Å². The fourth-order valence-electron chi connectivity index (χ4n) is 5.84. The fraction of sp³-hybridized carbons (Fsp3) is 0.962. The van der Waals surface area contributed by atoms with Crippen molar-refractivity contribution in [2.75, 3.05) is 33.0 Å². The number of aliphatic hydroxyl groups excluding tert-OH is 12. The van der Waals surface area contributed by atoms with Gasteiger partial charge in [-0.25, -0.2) is 4.79 Å². The van der Waals surface area contributed by atoms with Crippen LogP contribution < -0.4 is 5.73 Å². The highest BCUT2D eigenvalue weighted by atomic mass is 16.8. The summed E-state index contributed by atoms with van der Waals surface area (Å²) in [4.78, 5) is 11.4. The van der Waals surface area contributed by atoms with E-state index >= 15 is 0 Å². The number of aliphatic carboxylic acids is 1. The van der Waals surface area contributed by atoms with Crippen molar-refractivity contribution in [2.45, 2.75) is 123 Å². The van der Waals surface area contributed by atoms with Crippen molar-refractivity contribution in [1.29, 1.82) is 0 Å². The van der Waals surface area contributed by atoms with E-state index in [1.165, 1.54) is 0 Å². The quantitative estimate of drug-likeness (QED) is 0.0838. The summed E-state index contributed by atoms with van der Waals surface area (Å²) in [5.74, 6) is -1.73. The Hall–Kier alpha value is -1.37. The number of carboxylic acid groups (broad SMARTS) is 1. The Morgan fingerprint density at radius 2 is 0.857 bits per heavy atom. The number of ether oxygens (including phenoxy) is 8. The van der Waals surface area contributed by atoms with Crippen LogP contribution in [0.2, 0.25) is 0 Å². The van der Waals surface area contributed by atoms with E-state index < -0.39 is 149 Å². The summed E-state index contributed by atoms with van der Waals surface area (Å²) >= 11 is 0. The van der Waals surface area contributed by atoms with Gasteiger partial charge in [0.05, 0.1) is 26.4 Å². The van der Waals surface area contributed by atoms with Crippen LogP contribution in [0.3, 0.4) is 0 Å². The van der Waals surface area contributed by atoms with E-state index in [0.717, 1.165) is 0 Å². The molecule has 4 fully saturated rings. The molecule has 4 rings (SSSR count). The molecule has 0 aromatic carbocycles. The van der Waals surface area contributed by atoms with Crippen LogP contribution in [-0.2, 0) is 42.7 Å². The molecule has 23 heteroatoms. The first-order valence-corrected chi connectivity index (χ1v) is 15.3. The van der Waals surface area contributed by atoms with Gasteiger partial charge in [0.2, 0.25) is 0 Å². The van der Waals surface area contributed by atoms with E-state index in [1.54, 1.807) is 0 Å². The summed E-state index contributed by atoms with van der Waals surface area (Å²) in [6.45, 7) is -2.65. The van der Waals surface area contributed by atoms with Gasteiger partial charge in [0.1, 0.15) is 91.6 Å². The first-order chi connectivity index (χ1) is 23.2. The average molecular weight is 724 g/mol. The molecule has 4 saturated heterocycles. The van der Waals surface area contributed by atoms with Crippen LogP contribution >= 0.6 is 0 Å². The highest BCUT2D eigenvalue weighted by molar-refractivity contribution is 5.73. The topological polar surface area (TPSA) is 380 Å². The van der Waals surface area contributed by atoms with Crippen LogP contribution in [0, 0.1) is 0 Å². The third kappa shape index (κ3) is 8.48. The van der Waals surface area contributed by atoms with Gasteiger partial charge in [0.25, 0.3) is 0 Å². The number of nitrogens with two attached hydrogens (primary N) is 1. The van der Waals surface area contributed by atoms with Gasteiger partial charge in [0.15, 0.2) is 31.3 Å². The lowest BCUT2D eigenvalue weighted by atomic mass is 9.95. The highest BCUT2D eigenvalue weighted by Crippen LogP contribution is 2.34. The number of carbonyl (C=O) groups is 1. The Balaban J connectivity index is 1.43. The summed E-state index contributed by atoms with van der Waals surface area (Å²) in [6, 6.07) is 0. The first kappa shape index (κ1) is 40.4. The molecule has 0 spiro atoms. The number of hydrogen-bond donors (Lipinski definition) is 14. The number of carboxylic acids is 1. The minimum Gasteiger partial charge on any atom is -0.479 e. The predicted octanol–water partition coefficient (Wildman–Crippen LogP) is -9.67. The Bertz CT molecular complexity index is 1040. The molecular formula is C26H45NO22. The second-order valence-electron chi connectivity index (χ2n) is 11.8. The molecule has 286 valence electrons. The molecule has 4 heterocycles. The summed E-state index contributed by atoms with van der Waals surface area (Å²) < 4.78 is 43.3. The summed E-state index contributed by atoms with van der Waals surface area (Å²) in [5.41, 5.74) is 5.37. The smallest absolute Gasteiger partial charge is 0.335 e. The maximum absolute atomic E-state index is 11.4. The molecule has 15 N–H and O–H groups in total. The molecule has 4 aliphatic rings. The third-order valence-electron chi connectivity index (χ3n) is 8.55. The van der Waals surface area contributed by atoms with Gasteiger partial charge in [-0.05, 0) is 0 Å². The van der Waals surface area contributed by atoms with E-state index in [-0.39, 0.29) is 13.2 Å². The Labute approximate surface area is 277 Å². The zero-order chi connectivity index (χ0) is 36.3. The molecule has 23 nitrogen and oxygen atoms in total. The molecule has 4 aliphatic heterocycles. The van der Waals surface area contributed by atoms with Gasteiger partial charge < -0.3 is 110 Å². The Morgan fingerprint density at radius 1 is 0.510 bits per heavy atom. The highest BCUT2D eigenvalue weighted by Gasteiger charge is 2.55. The maximum atomic E-state index is 11.4. The lowest BCUT2D eigenvalue weighted by molar-refractivity contribution is -0.387. The molecule has 0 saturated carbocycles. The molecule has 0 radical (unpaired) electrons. The lowest BCUT2D eigenvalue weighted by Crippen LogP contribution is -2.67. The second-order valence-corrected chi connectivity index (χ2v) is 11.8. The number of hydrogen-bond acceptors (Lipinski definition) is 22. The van der Waals surface area contributed by atoms with Crippen molar-refractivity contribution >= 4 is 5.97 Å². The molecule has 0 bridgehead atoms. The van der Waals surface area contributed by atoms with E-state index in [2.05, 4.69) is 0 Å². The van der Waals surface area contributed by atoms with Crippen molar-refractivity contribution < 1.29 is 109 Å². The van der Waals surface area contributed by atoms with Crippen LogP contribution in [-0.4, -0.2) is 228 Å². The third-order valence-corrected chi connectivity index (χ3v) is 8.55. The molecule has 20 atom stereocenters. The van der Waals surface area contributed by atoms with Crippen molar-refractivity contribution in [3.8, 4) is 0 Å². The van der Waals surface area contributed by atoms with E-state index in [9.17, 15) is 71.2 Å². The minimum absolute atomic E-state index is 0.0559. The SMILES string of the molecule is NCCO[C@H]1O[C@H](CO)[C@H](O[C@H]2O[C@H](CO)[C@@H](O[C@@H]3O[C@H](CO)[C@@H](O[C@@H]4O[C@H](C(=O)O)[C@@H](O)[C@H](O)[C@H]4O)[C@H](O)[C@H]3O)[C@H](O)[C@H]2O)[C@H](O)[C@H]1O. The van der Waals surface area contributed by atoms with Crippen molar-refractivity contribution in [2.24, 2.45) is 5.73 Å². The molecule has 49 heavy (non-hydrogen) atoms. The molecule has 0 amide bonds. The zero-order valence-corrected chi connectivity index (χ0v) is 25.6. The van der Waals surface area contributed by atoms with Crippen LogP contribution in [0.25, 0.3) is 0 Å². The average Bonchev–Trinajstić information content (AvgIpc) is 3.08. The van der Waals surface area contributed by atoms with E-state index in [1.807, 2.05) is 0 Å². The first-order valence-electron chi connectivity index (χ1n) is 15.3. The fourth-order valence-corrected chi connectivity index (χ4v) is 5.84. The summed E-state index contributed by atoms with van der Waals surface area (Å²) in [7, 11) is 0. The van der Waals surface area contributed by atoms with Gasteiger partial charge in [-0.3, -0.25) is 0 Å². The van der Waals surface area contributed by atoms with Gasteiger partial charge in [-0.1, -0.05) is 0 Å². The minimum atomic E-state index is -2.09. The Kier molecular flexibility index (Phi) is 14.4. The van der Waals surface area contributed by atoms with E-state index in [4.69, 9.17) is 43.6 Å². The molecule has 0 aromatic rings. The van der Waals surface area contributed by atoms with Crippen LogP contribution in [0.5, 0.6) is 0 Å². The molecule has 0 unspecified atom stereocenters. The normalized spacial score (nSPS) is 49.5. The summed E-state index contributed by atoms with van der Waals surface area (Å²) in [6.07, 6.45) is -36.7. The number of aliphatic hydroxyl groups is 12. The molecule has 0 aliphatic carbocycles. The van der Waals surface area contributed by atoms with Crippen LogP contribution in [0.15, 0.2) is 0 Å². The largest absolute Gasteiger partial charge is 0.479 e. The van der Waals surface area contributed by atoms with Crippen molar-refractivity contribution in [3.63, 3.8) is 0 Å². The predicted molar refractivity (Wildman–Crippen MR) is 147 cm³/mol. The second kappa shape index (κ2) is 17.4. The van der Waals surface area contributed by atoms with Crippen LogP contribution in [0.4, 0.5) is 0 Å². The summed E-state index contributed by atoms with van der Waals surface area (Å²) in [5, 5.41) is 134. The van der Waals surface area contributed by atoms with Gasteiger partial charge in [-0.2, -0.15) is 0 Å². The maximum Gasteiger partial charge on any atom is 0.335 e. The standard InChI is InChI=1S/C26H45NO22/c27-1-2-42-23-15(37)11(33)18(6(3-28)43-23)46-24-16(38)12(34)19(7(4-29)44-24)47-25-17(39)13(35)20(8(5-30)45-25)48-26-14(36)9(31)10(32)21(49-26)22(40)41/h6-21,23-26,28-39H,1-5,27H2,(H,40,41)/t6-,7-,8-,9+,10+,11-,12-,13-,14-,15-,16-,17-,18+,19-,20-,21+,23+,24-,25+,26-/m1/s1. The van der Waals surface area contributed by atoms with Crippen molar-refractivity contribution in [1.82, 2.24) is 0 Å². The lowest BCUT2D eigenvalue weighted by Gasteiger charge is -2.49. The van der Waals surface area contributed by atoms with Gasteiger partial charge in [-0.15, -0.1) is 0 Å².